The lowest BCUT2D eigenvalue weighted by Gasteiger charge is -2.39. The third-order valence-electron chi connectivity index (χ3n) is 4.07. The van der Waals surface area contributed by atoms with Gasteiger partial charge in [-0.1, -0.05) is 6.07 Å². The van der Waals surface area contributed by atoms with Gasteiger partial charge in [0.2, 0.25) is 0 Å². The zero-order valence-corrected chi connectivity index (χ0v) is 11.8. The van der Waals surface area contributed by atoms with Crippen molar-refractivity contribution in [3.05, 3.63) is 29.3 Å². The van der Waals surface area contributed by atoms with Crippen molar-refractivity contribution >= 4 is 0 Å². The van der Waals surface area contributed by atoms with E-state index in [2.05, 4.69) is 4.90 Å². The molecule has 2 aliphatic rings. The van der Waals surface area contributed by atoms with Gasteiger partial charge in [0.1, 0.15) is 12.4 Å². The third kappa shape index (κ3) is 3.16. The number of fused-ring (bicyclic) bond motifs is 1. The van der Waals surface area contributed by atoms with Gasteiger partial charge in [-0.05, 0) is 31.0 Å². The molecule has 0 radical (unpaired) electrons. The van der Waals surface area contributed by atoms with Gasteiger partial charge in [-0.25, -0.2) is 0 Å². The summed E-state index contributed by atoms with van der Waals surface area (Å²) in [6.45, 7) is 4.83. The maximum Gasteiger partial charge on any atom is 0.416 e. The Kier molecular flexibility index (Phi) is 3.84. The van der Waals surface area contributed by atoms with Crippen molar-refractivity contribution in [1.29, 1.82) is 0 Å². The quantitative estimate of drug-likeness (QED) is 0.796. The van der Waals surface area contributed by atoms with Crippen LogP contribution in [0.25, 0.3) is 0 Å². The molecule has 1 aromatic rings. The smallest absolute Gasteiger partial charge is 0.416 e. The number of benzene rings is 1. The molecule has 0 spiro atoms. The van der Waals surface area contributed by atoms with Crippen LogP contribution in [0.15, 0.2) is 18.2 Å². The molecule has 2 aliphatic heterocycles. The normalized spacial score (nSPS) is 27.0. The van der Waals surface area contributed by atoms with Gasteiger partial charge in [-0.15, -0.1) is 0 Å². The SMILES string of the molecule is CC1CN(C2COc3cc(C(F)(F)F)ccc3C2)CCO1. The molecular formula is C15H18F3NO2. The van der Waals surface area contributed by atoms with E-state index in [4.69, 9.17) is 9.47 Å². The second kappa shape index (κ2) is 5.50. The Morgan fingerprint density at radius 3 is 2.81 bits per heavy atom. The van der Waals surface area contributed by atoms with Crippen molar-refractivity contribution in [2.75, 3.05) is 26.3 Å². The Morgan fingerprint density at radius 2 is 2.10 bits per heavy atom. The monoisotopic (exact) mass is 301 g/mol. The van der Waals surface area contributed by atoms with Gasteiger partial charge < -0.3 is 9.47 Å². The number of nitrogens with zero attached hydrogens (tertiary/aromatic N) is 1. The number of hydrogen-bond acceptors (Lipinski definition) is 3. The summed E-state index contributed by atoms with van der Waals surface area (Å²) in [6, 6.07) is 3.98. The molecule has 0 aromatic heterocycles. The predicted molar refractivity (Wildman–Crippen MR) is 71.4 cm³/mol. The molecule has 1 fully saturated rings. The molecule has 3 nitrogen and oxygen atoms in total. The molecule has 2 atom stereocenters. The fourth-order valence-corrected chi connectivity index (χ4v) is 2.94. The maximum atomic E-state index is 12.7. The van der Waals surface area contributed by atoms with Gasteiger partial charge in [0.25, 0.3) is 0 Å². The highest BCUT2D eigenvalue weighted by molar-refractivity contribution is 5.40. The Bertz CT molecular complexity index is 518. The summed E-state index contributed by atoms with van der Waals surface area (Å²) in [5.41, 5.74) is 0.193. The van der Waals surface area contributed by atoms with Crippen LogP contribution in [-0.2, 0) is 17.3 Å². The Balaban J connectivity index is 1.74. The van der Waals surface area contributed by atoms with E-state index < -0.39 is 11.7 Å². The van der Waals surface area contributed by atoms with Crippen LogP contribution < -0.4 is 4.74 Å². The molecule has 6 heteroatoms. The van der Waals surface area contributed by atoms with E-state index in [1.54, 1.807) is 0 Å². The molecule has 2 heterocycles. The Labute approximate surface area is 121 Å². The first kappa shape index (κ1) is 14.7. The van der Waals surface area contributed by atoms with Crippen molar-refractivity contribution in [2.45, 2.75) is 31.7 Å². The maximum absolute atomic E-state index is 12.7. The summed E-state index contributed by atoms with van der Waals surface area (Å²) in [4.78, 5) is 2.30. The molecule has 0 aliphatic carbocycles. The van der Waals surface area contributed by atoms with Crippen LogP contribution in [0, 0.1) is 0 Å². The summed E-state index contributed by atoms with van der Waals surface area (Å²) in [5.74, 6) is 0.363. The average Bonchev–Trinajstić information content (AvgIpc) is 2.45. The molecular weight excluding hydrogens is 283 g/mol. The van der Waals surface area contributed by atoms with Crippen molar-refractivity contribution in [3.63, 3.8) is 0 Å². The highest BCUT2D eigenvalue weighted by Gasteiger charge is 2.33. The second-order valence-corrected chi connectivity index (χ2v) is 5.67. The molecule has 0 amide bonds. The molecule has 116 valence electrons. The van der Waals surface area contributed by atoms with Crippen LogP contribution in [0.1, 0.15) is 18.1 Å². The zero-order valence-electron chi connectivity index (χ0n) is 11.8. The Hall–Kier alpha value is -1.27. The highest BCUT2D eigenvalue weighted by Crippen LogP contribution is 2.35. The lowest BCUT2D eigenvalue weighted by Crippen LogP contribution is -2.50. The number of halogens is 3. The van der Waals surface area contributed by atoms with Gasteiger partial charge >= 0.3 is 6.18 Å². The molecule has 0 saturated carbocycles. The molecule has 1 aromatic carbocycles. The first-order chi connectivity index (χ1) is 9.93. The standard InChI is InChI=1S/C15H18F3NO2/c1-10-8-19(4-5-20-10)13-6-11-2-3-12(15(16,17)18)7-14(11)21-9-13/h2-3,7,10,13H,4-6,8-9H2,1H3. The van der Waals surface area contributed by atoms with Gasteiger partial charge in [0.15, 0.2) is 0 Å². The van der Waals surface area contributed by atoms with Crippen molar-refractivity contribution in [3.8, 4) is 5.75 Å². The zero-order chi connectivity index (χ0) is 15.0. The lowest BCUT2D eigenvalue weighted by atomic mass is 9.99. The van der Waals surface area contributed by atoms with Crippen LogP contribution in [0.3, 0.4) is 0 Å². The van der Waals surface area contributed by atoms with Gasteiger partial charge in [0, 0.05) is 19.1 Å². The number of morpholine rings is 1. The predicted octanol–water partition coefficient (Wildman–Crippen LogP) is 2.73. The summed E-state index contributed by atoms with van der Waals surface area (Å²) < 4.78 is 49.2. The van der Waals surface area contributed by atoms with Crippen molar-refractivity contribution < 1.29 is 22.6 Å². The van der Waals surface area contributed by atoms with Crippen LogP contribution in [-0.4, -0.2) is 43.3 Å². The highest BCUT2D eigenvalue weighted by atomic mass is 19.4. The molecule has 3 rings (SSSR count). The van der Waals surface area contributed by atoms with Gasteiger partial charge in [-0.3, -0.25) is 4.90 Å². The average molecular weight is 301 g/mol. The van der Waals surface area contributed by atoms with Crippen LogP contribution in [0.5, 0.6) is 5.75 Å². The van der Waals surface area contributed by atoms with Gasteiger partial charge in [0.05, 0.1) is 18.3 Å². The number of rotatable bonds is 1. The minimum atomic E-state index is -4.32. The third-order valence-corrected chi connectivity index (χ3v) is 4.07. The van der Waals surface area contributed by atoms with Crippen LogP contribution >= 0.6 is 0 Å². The van der Waals surface area contributed by atoms with E-state index >= 15 is 0 Å². The van der Waals surface area contributed by atoms with Crippen LogP contribution in [0.4, 0.5) is 13.2 Å². The first-order valence-electron chi connectivity index (χ1n) is 7.12. The van der Waals surface area contributed by atoms with E-state index in [1.807, 2.05) is 6.92 Å². The van der Waals surface area contributed by atoms with E-state index in [0.717, 1.165) is 37.2 Å². The minimum absolute atomic E-state index is 0.188. The summed E-state index contributed by atoms with van der Waals surface area (Å²) >= 11 is 0. The van der Waals surface area contributed by atoms with Gasteiger partial charge in [-0.2, -0.15) is 13.2 Å². The topological polar surface area (TPSA) is 21.7 Å². The number of alkyl halides is 3. The molecule has 21 heavy (non-hydrogen) atoms. The molecule has 0 bridgehead atoms. The molecule has 2 unspecified atom stereocenters. The van der Waals surface area contributed by atoms with Crippen LogP contribution in [0.2, 0.25) is 0 Å². The van der Waals surface area contributed by atoms with E-state index in [1.165, 1.54) is 6.07 Å². The fraction of sp³-hybridized carbons (Fsp3) is 0.600. The van der Waals surface area contributed by atoms with Crippen molar-refractivity contribution in [2.24, 2.45) is 0 Å². The fourth-order valence-electron chi connectivity index (χ4n) is 2.94. The summed E-state index contributed by atoms with van der Waals surface area (Å²) in [5, 5.41) is 0. The number of hydrogen-bond donors (Lipinski definition) is 0. The molecule has 1 saturated heterocycles. The first-order valence-corrected chi connectivity index (χ1v) is 7.12. The summed E-state index contributed by atoms with van der Waals surface area (Å²) in [7, 11) is 0. The lowest BCUT2D eigenvalue weighted by molar-refractivity contribution is -0.137. The van der Waals surface area contributed by atoms with E-state index in [0.29, 0.717) is 19.0 Å². The summed E-state index contributed by atoms with van der Waals surface area (Å²) in [6.07, 6.45) is -3.41. The molecule has 0 N–H and O–H groups in total. The van der Waals surface area contributed by atoms with Crippen molar-refractivity contribution in [1.82, 2.24) is 4.90 Å². The van der Waals surface area contributed by atoms with E-state index in [-0.39, 0.29) is 12.1 Å². The Morgan fingerprint density at radius 1 is 1.29 bits per heavy atom. The number of ether oxygens (including phenoxy) is 2. The largest absolute Gasteiger partial charge is 0.492 e. The minimum Gasteiger partial charge on any atom is -0.492 e. The van der Waals surface area contributed by atoms with E-state index in [9.17, 15) is 13.2 Å². The second-order valence-electron chi connectivity index (χ2n) is 5.67.